The fraction of sp³-hybridized carbons (Fsp3) is 0.250. The Balaban J connectivity index is 2.32. The highest BCUT2D eigenvalue weighted by molar-refractivity contribution is 7.99. The van der Waals surface area contributed by atoms with E-state index >= 15 is 0 Å². The minimum absolute atomic E-state index is 0.160. The van der Waals surface area contributed by atoms with Gasteiger partial charge in [-0.2, -0.15) is 0 Å². The molecule has 1 nitrogen and oxygen atoms in total. The van der Waals surface area contributed by atoms with Crippen LogP contribution in [-0.2, 0) is 6.42 Å². The monoisotopic (exact) mass is 291 g/mol. The molecule has 0 radical (unpaired) electrons. The summed E-state index contributed by atoms with van der Waals surface area (Å²) in [5.41, 5.74) is 8.49. The van der Waals surface area contributed by atoms with Crippen molar-refractivity contribution in [2.45, 2.75) is 36.1 Å². The number of aryl methyl sites for hydroxylation is 1. The fourth-order valence-electron chi connectivity index (χ4n) is 1.96. The summed E-state index contributed by atoms with van der Waals surface area (Å²) in [6, 6.07) is 14.6. The van der Waals surface area contributed by atoms with Gasteiger partial charge < -0.3 is 5.73 Å². The molecule has 0 aromatic heterocycles. The van der Waals surface area contributed by atoms with Crippen molar-refractivity contribution in [1.29, 1.82) is 0 Å². The molecule has 0 aliphatic heterocycles. The third-order valence-corrected chi connectivity index (χ3v) is 4.45. The summed E-state index contributed by atoms with van der Waals surface area (Å²) >= 11 is 7.92. The van der Waals surface area contributed by atoms with Crippen molar-refractivity contribution in [3.8, 4) is 0 Å². The lowest BCUT2D eigenvalue weighted by molar-refractivity contribution is 0.729. The number of hydrogen-bond donors (Lipinski definition) is 1. The molecule has 0 spiro atoms. The van der Waals surface area contributed by atoms with E-state index in [0.717, 1.165) is 16.3 Å². The number of halogens is 1. The van der Waals surface area contributed by atoms with Gasteiger partial charge >= 0.3 is 0 Å². The maximum absolute atomic E-state index is 6.22. The third kappa shape index (κ3) is 4.00. The van der Waals surface area contributed by atoms with E-state index in [9.17, 15) is 0 Å². The van der Waals surface area contributed by atoms with Gasteiger partial charge in [0.25, 0.3) is 0 Å². The van der Waals surface area contributed by atoms with Crippen molar-refractivity contribution in [3.63, 3.8) is 0 Å². The first-order valence-corrected chi connectivity index (χ1v) is 7.53. The van der Waals surface area contributed by atoms with Gasteiger partial charge in [-0.25, -0.2) is 0 Å². The quantitative estimate of drug-likeness (QED) is 0.884. The molecule has 3 heteroatoms. The molecule has 0 fully saturated rings. The van der Waals surface area contributed by atoms with Crippen LogP contribution in [0.15, 0.2) is 52.3 Å². The first kappa shape index (κ1) is 14.4. The Morgan fingerprint density at radius 1 is 1.16 bits per heavy atom. The van der Waals surface area contributed by atoms with Gasteiger partial charge in [-0.15, -0.1) is 0 Å². The average Bonchev–Trinajstić information content (AvgIpc) is 2.34. The molecule has 2 N–H and O–H groups in total. The predicted molar refractivity (Wildman–Crippen MR) is 84.1 cm³/mol. The highest BCUT2D eigenvalue weighted by Gasteiger charge is 2.09. The Kier molecular flexibility index (Phi) is 4.92. The summed E-state index contributed by atoms with van der Waals surface area (Å²) in [6.45, 7) is 4.14. The Hall–Kier alpha value is -0.960. The molecule has 0 aliphatic carbocycles. The van der Waals surface area contributed by atoms with Gasteiger partial charge in [0, 0.05) is 15.8 Å². The van der Waals surface area contributed by atoms with Crippen LogP contribution in [-0.4, -0.2) is 6.04 Å². The van der Waals surface area contributed by atoms with Gasteiger partial charge in [0.15, 0.2) is 0 Å². The highest BCUT2D eigenvalue weighted by atomic mass is 35.5. The molecule has 100 valence electrons. The van der Waals surface area contributed by atoms with Crippen LogP contribution in [0.5, 0.6) is 0 Å². The summed E-state index contributed by atoms with van der Waals surface area (Å²) in [6.07, 6.45) is 0.883. The standard InChI is InChI=1S/C16H18ClNS/c1-11-7-8-15(13(9-11)10-12(2)18)19-16-6-4-3-5-14(16)17/h3-9,12H,10,18H2,1-2H3. The molecule has 1 atom stereocenters. The molecular weight excluding hydrogens is 274 g/mol. The molecule has 2 rings (SSSR count). The average molecular weight is 292 g/mol. The smallest absolute Gasteiger partial charge is 0.0545 e. The van der Waals surface area contributed by atoms with E-state index < -0.39 is 0 Å². The number of benzene rings is 2. The van der Waals surface area contributed by atoms with Gasteiger partial charge in [-0.1, -0.05) is 53.2 Å². The molecule has 19 heavy (non-hydrogen) atoms. The van der Waals surface area contributed by atoms with E-state index in [1.165, 1.54) is 16.0 Å². The summed E-state index contributed by atoms with van der Waals surface area (Å²) in [5.74, 6) is 0. The normalized spacial score (nSPS) is 12.4. The van der Waals surface area contributed by atoms with Crippen LogP contribution in [0.1, 0.15) is 18.1 Å². The molecule has 2 aromatic carbocycles. The van der Waals surface area contributed by atoms with Gasteiger partial charge in [0.05, 0.1) is 5.02 Å². The maximum Gasteiger partial charge on any atom is 0.0545 e. The Morgan fingerprint density at radius 3 is 2.58 bits per heavy atom. The second kappa shape index (κ2) is 6.47. The summed E-state index contributed by atoms with van der Waals surface area (Å²) < 4.78 is 0. The van der Waals surface area contributed by atoms with Crippen LogP contribution in [0, 0.1) is 6.92 Å². The minimum atomic E-state index is 0.160. The molecule has 0 saturated heterocycles. The third-order valence-electron chi connectivity index (χ3n) is 2.81. The van der Waals surface area contributed by atoms with Crippen LogP contribution in [0.25, 0.3) is 0 Å². The fourth-order valence-corrected chi connectivity index (χ4v) is 3.17. The Morgan fingerprint density at radius 2 is 1.89 bits per heavy atom. The molecule has 0 saturated carbocycles. The topological polar surface area (TPSA) is 26.0 Å². The van der Waals surface area contributed by atoms with Crippen molar-refractivity contribution < 1.29 is 0 Å². The van der Waals surface area contributed by atoms with Gasteiger partial charge in [0.2, 0.25) is 0 Å². The van der Waals surface area contributed by atoms with Crippen LogP contribution >= 0.6 is 23.4 Å². The zero-order valence-electron chi connectivity index (χ0n) is 11.2. The molecule has 0 aliphatic rings. The minimum Gasteiger partial charge on any atom is -0.328 e. The number of hydrogen-bond acceptors (Lipinski definition) is 2. The van der Waals surface area contributed by atoms with Gasteiger partial charge in [-0.3, -0.25) is 0 Å². The van der Waals surface area contributed by atoms with Crippen LogP contribution in [0.2, 0.25) is 5.02 Å². The SMILES string of the molecule is Cc1ccc(Sc2ccccc2Cl)c(CC(C)N)c1. The van der Waals surface area contributed by atoms with E-state index in [1.807, 2.05) is 31.2 Å². The van der Waals surface area contributed by atoms with Crippen LogP contribution < -0.4 is 5.73 Å². The number of rotatable bonds is 4. The van der Waals surface area contributed by atoms with E-state index in [0.29, 0.717) is 0 Å². The summed E-state index contributed by atoms with van der Waals surface area (Å²) in [5, 5.41) is 0.792. The van der Waals surface area contributed by atoms with E-state index in [1.54, 1.807) is 11.8 Å². The first-order valence-electron chi connectivity index (χ1n) is 6.34. The first-order chi connectivity index (χ1) is 9.06. The second-order valence-electron chi connectivity index (χ2n) is 4.83. The van der Waals surface area contributed by atoms with Gasteiger partial charge in [0.1, 0.15) is 0 Å². The van der Waals surface area contributed by atoms with Crippen LogP contribution in [0.4, 0.5) is 0 Å². The molecule has 0 heterocycles. The van der Waals surface area contributed by atoms with Crippen molar-refractivity contribution in [2.75, 3.05) is 0 Å². The second-order valence-corrected chi connectivity index (χ2v) is 6.32. The Bertz CT molecular complexity index is 566. The lowest BCUT2D eigenvalue weighted by Gasteiger charge is -2.13. The van der Waals surface area contributed by atoms with E-state index in [-0.39, 0.29) is 6.04 Å². The molecule has 1 unspecified atom stereocenters. The molecule has 2 aromatic rings. The summed E-state index contributed by atoms with van der Waals surface area (Å²) in [7, 11) is 0. The lowest BCUT2D eigenvalue weighted by Crippen LogP contribution is -2.18. The largest absolute Gasteiger partial charge is 0.328 e. The van der Waals surface area contributed by atoms with Crippen molar-refractivity contribution in [3.05, 3.63) is 58.6 Å². The zero-order valence-corrected chi connectivity index (χ0v) is 12.8. The lowest BCUT2D eigenvalue weighted by atomic mass is 10.1. The molecular formula is C16H18ClNS. The van der Waals surface area contributed by atoms with Crippen molar-refractivity contribution >= 4 is 23.4 Å². The van der Waals surface area contributed by atoms with Crippen molar-refractivity contribution in [1.82, 2.24) is 0 Å². The van der Waals surface area contributed by atoms with Crippen LogP contribution in [0.3, 0.4) is 0 Å². The van der Waals surface area contributed by atoms with E-state index in [2.05, 4.69) is 25.1 Å². The van der Waals surface area contributed by atoms with Crippen molar-refractivity contribution in [2.24, 2.45) is 5.73 Å². The molecule has 0 bridgehead atoms. The molecule has 0 amide bonds. The van der Waals surface area contributed by atoms with E-state index in [4.69, 9.17) is 17.3 Å². The Labute approximate surface area is 124 Å². The predicted octanol–water partition coefficient (Wildman–Crippen LogP) is 4.69. The summed E-state index contributed by atoms with van der Waals surface area (Å²) in [4.78, 5) is 2.31. The maximum atomic E-state index is 6.22. The van der Waals surface area contributed by atoms with Gasteiger partial charge in [-0.05, 0) is 44.0 Å². The zero-order chi connectivity index (χ0) is 13.8. The number of nitrogens with two attached hydrogens (primary N) is 1. The highest BCUT2D eigenvalue weighted by Crippen LogP contribution is 2.35.